The van der Waals surface area contributed by atoms with E-state index in [0.717, 1.165) is 34.2 Å². The highest BCUT2D eigenvalue weighted by molar-refractivity contribution is 5.42. The van der Waals surface area contributed by atoms with Gasteiger partial charge in [-0.25, -0.2) is 29.0 Å². The summed E-state index contributed by atoms with van der Waals surface area (Å²) in [7, 11) is 0. The summed E-state index contributed by atoms with van der Waals surface area (Å²) in [6.45, 7) is 10.7. The fourth-order valence-electron chi connectivity index (χ4n) is 3.99. The van der Waals surface area contributed by atoms with Gasteiger partial charge in [0.15, 0.2) is 11.3 Å². The number of fused-ring (bicyclic) bond motifs is 3. The minimum absolute atomic E-state index is 0.0919. The van der Waals surface area contributed by atoms with E-state index in [4.69, 9.17) is 5.10 Å². The van der Waals surface area contributed by atoms with Gasteiger partial charge in [-0.2, -0.15) is 10.2 Å². The molecule has 0 aromatic carbocycles. The van der Waals surface area contributed by atoms with Crippen LogP contribution in [0, 0.1) is 0 Å². The van der Waals surface area contributed by atoms with Crippen molar-refractivity contribution in [3.63, 3.8) is 0 Å². The normalized spacial score (nSPS) is 12.5. The molecule has 1 unspecified atom stereocenters. The highest BCUT2D eigenvalue weighted by Crippen LogP contribution is 2.23. The molecule has 6 aromatic rings. The molecule has 0 amide bonds. The SMILES string of the molecule is CC(C)c1cn2nc(C(C)c3cnc4cccnn34)ccc2n1.CC(C)c1cnc2ncccn12. The molecule has 0 N–H and O–H groups in total. The van der Waals surface area contributed by atoms with Crippen LogP contribution in [0.25, 0.3) is 17.1 Å². The Morgan fingerprint density at radius 3 is 2.37 bits per heavy atom. The first-order valence-corrected chi connectivity index (χ1v) is 11.8. The standard InChI is InChI=1S/C17H18N6.C9H11N3/c1-11(2)14-10-22-17(20-14)7-6-13(21-22)12(3)15-9-18-16-5-4-8-19-23(15)16;1-7(2)8-6-11-9-10-4-3-5-12(8)9/h4-12H,1-3H3;3-7H,1-2H3. The largest absolute Gasteiger partial charge is 0.288 e. The lowest BCUT2D eigenvalue weighted by Gasteiger charge is -2.10. The monoisotopic (exact) mass is 467 g/mol. The molecule has 6 aromatic heterocycles. The van der Waals surface area contributed by atoms with E-state index >= 15 is 0 Å². The van der Waals surface area contributed by atoms with E-state index in [2.05, 4.69) is 59.7 Å². The third-order valence-corrected chi connectivity index (χ3v) is 6.05. The first-order valence-electron chi connectivity index (χ1n) is 11.8. The molecule has 0 saturated carbocycles. The van der Waals surface area contributed by atoms with Crippen LogP contribution in [-0.4, -0.2) is 43.6 Å². The van der Waals surface area contributed by atoms with Crippen molar-refractivity contribution in [2.24, 2.45) is 0 Å². The molecule has 6 rings (SSSR count). The summed E-state index contributed by atoms with van der Waals surface area (Å²) in [5.74, 6) is 1.75. The van der Waals surface area contributed by atoms with Crippen molar-refractivity contribution in [3.05, 3.63) is 90.3 Å². The molecule has 178 valence electrons. The molecule has 0 saturated heterocycles. The first kappa shape index (κ1) is 22.6. The molecule has 1 atom stereocenters. The second kappa shape index (κ2) is 9.25. The van der Waals surface area contributed by atoms with Crippen LogP contribution in [0.1, 0.15) is 75.1 Å². The van der Waals surface area contributed by atoms with Crippen LogP contribution in [0.5, 0.6) is 0 Å². The van der Waals surface area contributed by atoms with Gasteiger partial charge in [0, 0.05) is 30.2 Å². The maximum atomic E-state index is 4.73. The predicted molar refractivity (Wildman–Crippen MR) is 135 cm³/mol. The van der Waals surface area contributed by atoms with Gasteiger partial charge in [-0.3, -0.25) is 4.40 Å². The molecule has 0 radical (unpaired) electrons. The lowest BCUT2D eigenvalue weighted by molar-refractivity contribution is 0.737. The van der Waals surface area contributed by atoms with Gasteiger partial charge in [-0.05, 0) is 42.2 Å². The number of rotatable bonds is 4. The smallest absolute Gasteiger partial charge is 0.233 e. The van der Waals surface area contributed by atoms with Gasteiger partial charge in [0.1, 0.15) is 0 Å². The quantitative estimate of drug-likeness (QED) is 0.366. The van der Waals surface area contributed by atoms with Crippen LogP contribution < -0.4 is 0 Å². The number of imidazole rings is 3. The van der Waals surface area contributed by atoms with Gasteiger partial charge in [0.05, 0.1) is 35.7 Å². The van der Waals surface area contributed by atoms with Crippen LogP contribution in [0.2, 0.25) is 0 Å². The Balaban J connectivity index is 0.000000178. The Morgan fingerprint density at radius 2 is 1.57 bits per heavy atom. The van der Waals surface area contributed by atoms with Crippen molar-refractivity contribution in [2.75, 3.05) is 0 Å². The highest BCUT2D eigenvalue weighted by Gasteiger charge is 2.17. The molecular weight excluding hydrogens is 438 g/mol. The molecule has 35 heavy (non-hydrogen) atoms. The first-order chi connectivity index (χ1) is 16.9. The van der Waals surface area contributed by atoms with Crippen molar-refractivity contribution in [2.45, 2.75) is 52.4 Å². The molecule has 0 aliphatic rings. The number of hydrogen-bond acceptors (Lipinski definition) is 6. The summed E-state index contributed by atoms with van der Waals surface area (Å²) in [5, 5.41) is 9.11. The Morgan fingerprint density at radius 1 is 0.743 bits per heavy atom. The van der Waals surface area contributed by atoms with E-state index in [1.165, 1.54) is 5.69 Å². The molecule has 0 aliphatic heterocycles. The molecular formula is C26H29N9. The van der Waals surface area contributed by atoms with E-state index in [0.29, 0.717) is 11.8 Å². The summed E-state index contributed by atoms with van der Waals surface area (Å²) in [6.07, 6.45) is 11.3. The molecule has 0 fully saturated rings. The molecule has 9 nitrogen and oxygen atoms in total. The Bertz CT molecular complexity index is 1590. The summed E-state index contributed by atoms with van der Waals surface area (Å²) in [5.41, 5.74) is 5.98. The fourth-order valence-corrected chi connectivity index (χ4v) is 3.99. The second-order valence-corrected chi connectivity index (χ2v) is 9.21. The van der Waals surface area contributed by atoms with Crippen LogP contribution in [0.3, 0.4) is 0 Å². The van der Waals surface area contributed by atoms with Crippen molar-refractivity contribution >= 4 is 17.1 Å². The van der Waals surface area contributed by atoms with Crippen LogP contribution in [0.15, 0.2) is 67.5 Å². The fraction of sp³-hybridized carbons (Fsp3) is 0.308. The van der Waals surface area contributed by atoms with E-state index in [1.54, 1.807) is 12.4 Å². The summed E-state index contributed by atoms with van der Waals surface area (Å²) in [4.78, 5) is 17.3. The summed E-state index contributed by atoms with van der Waals surface area (Å²) < 4.78 is 5.74. The number of hydrogen-bond donors (Lipinski definition) is 0. The van der Waals surface area contributed by atoms with Gasteiger partial charge >= 0.3 is 0 Å². The third kappa shape index (κ3) is 4.37. The minimum atomic E-state index is 0.0919. The molecule has 9 heteroatoms. The summed E-state index contributed by atoms with van der Waals surface area (Å²) >= 11 is 0. The second-order valence-electron chi connectivity index (χ2n) is 9.21. The molecule has 0 spiro atoms. The number of nitrogens with zero attached hydrogens (tertiary/aromatic N) is 9. The van der Waals surface area contributed by atoms with Gasteiger partial charge in [-0.1, -0.05) is 34.6 Å². The summed E-state index contributed by atoms with van der Waals surface area (Å²) in [6, 6.07) is 9.80. The van der Waals surface area contributed by atoms with E-state index in [9.17, 15) is 0 Å². The van der Waals surface area contributed by atoms with Crippen molar-refractivity contribution in [1.29, 1.82) is 0 Å². The zero-order chi connectivity index (χ0) is 24.5. The Labute approximate surface area is 203 Å². The van der Waals surface area contributed by atoms with Gasteiger partial charge < -0.3 is 0 Å². The van der Waals surface area contributed by atoms with Gasteiger partial charge in [-0.15, -0.1) is 0 Å². The van der Waals surface area contributed by atoms with Crippen molar-refractivity contribution in [3.8, 4) is 0 Å². The van der Waals surface area contributed by atoms with E-state index in [-0.39, 0.29) is 5.92 Å². The van der Waals surface area contributed by atoms with Crippen molar-refractivity contribution in [1.82, 2.24) is 43.6 Å². The molecule has 0 bridgehead atoms. The van der Waals surface area contributed by atoms with E-state index < -0.39 is 0 Å². The lowest BCUT2D eigenvalue weighted by atomic mass is 10.0. The Hall–Kier alpha value is -4.14. The van der Waals surface area contributed by atoms with Gasteiger partial charge in [0.2, 0.25) is 5.78 Å². The van der Waals surface area contributed by atoms with Gasteiger partial charge in [0.25, 0.3) is 0 Å². The van der Waals surface area contributed by atoms with Crippen LogP contribution in [0.4, 0.5) is 0 Å². The third-order valence-electron chi connectivity index (χ3n) is 6.05. The minimum Gasteiger partial charge on any atom is -0.288 e. The zero-order valence-electron chi connectivity index (χ0n) is 20.6. The average molecular weight is 468 g/mol. The Kier molecular flexibility index (Phi) is 5.98. The van der Waals surface area contributed by atoms with Crippen LogP contribution >= 0.6 is 0 Å². The van der Waals surface area contributed by atoms with Crippen molar-refractivity contribution < 1.29 is 0 Å². The maximum Gasteiger partial charge on any atom is 0.233 e. The topological polar surface area (TPSA) is 90.6 Å². The maximum absolute atomic E-state index is 4.73. The lowest BCUT2D eigenvalue weighted by Crippen LogP contribution is -2.06. The average Bonchev–Trinajstić information content (AvgIpc) is 3.59. The molecule has 6 heterocycles. The van der Waals surface area contributed by atoms with E-state index in [1.807, 2.05) is 68.6 Å². The molecule has 0 aliphatic carbocycles. The number of aromatic nitrogens is 9. The predicted octanol–water partition coefficient (Wildman–Crippen LogP) is 4.90. The highest BCUT2D eigenvalue weighted by atomic mass is 15.3. The van der Waals surface area contributed by atoms with Crippen LogP contribution in [-0.2, 0) is 0 Å². The zero-order valence-corrected chi connectivity index (χ0v) is 20.6.